The Hall–Kier alpha value is -1.88. The van der Waals surface area contributed by atoms with E-state index in [1.54, 1.807) is 26.2 Å². The Morgan fingerprint density at radius 2 is 2.05 bits per heavy atom. The van der Waals surface area contributed by atoms with Crippen LogP contribution < -0.4 is 5.32 Å². The molecular weight excluding hydrogens is 256 g/mol. The summed E-state index contributed by atoms with van der Waals surface area (Å²) >= 11 is 0. The molecule has 1 aromatic carbocycles. The summed E-state index contributed by atoms with van der Waals surface area (Å²) in [5.74, 6) is -0.202. The Bertz CT molecular complexity index is 458. The van der Waals surface area contributed by atoms with Crippen LogP contribution in [-0.4, -0.2) is 44.0 Å². The van der Waals surface area contributed by atoms with Gasteiger partial charge in [-0.25, -0.2) is 0 Å². The molecule has 0 heterocycles. The summed E-state index contributed by atoms with van der Waals surface area (Å²) in [6.07, 6.45) is 0.891. The summed E-state index contributed by atoms with van der Waals surface area (Å²) in [5, 5.41) is 2.76. The van der Waals surface area contributed by atoms with Crippen molar-refractivity contribution in [2.45, 2.75) is 19.9 Å². The Labute approximate surface area is 119 Å². The molecule has 0 unspecified atom stereocenters. The third-order valence-electron chi connectivity index (χ3n) is 2.65. The van der Waals surface area contributed by atoms with Crippen molar-refractivity contribution in [3.05, 3.63) is 35.4 Å². The van der Waals surface area contributed by atoms with Gasteiger partial charge < -0.3 is 15.0 Å². The summed E-state index contributed by atoms with van der Waals surface area (Å²) in [4.78, 5) is 24.9. The first-order valence-electron chi connectivity index (χ1n) is 6.69. The molecule has 0 spiro atoms. The standard InChI is InChI=1S/C15H22N2O3/c1-4-8-20-11-14(18)16-10-12-6-5-7-13(9-12)15(19)17(2)3/h5-7,9H,4,8,10-11H2,1-3H3,(H,16,18). The lowest BCUT2D eigenvalue weighted by Crippen LogP contribution is -2.27. The average molecular weight is 278 g/mol. The molecule has 5 nitrogen and oxygen atoms in total. The van der Waals surface area contributed by atoms with Crippen molar-refractivity contribution in [1.82, 2.24) is 10.2 Å². The molecule has 0 atom stereocenters. The molecule has 0 saturated carbocycles. The molecule has 0 saturated heterocycles. The van der Waals surface area contributed by atoms with Gasteiger partial charge in [0.25, 0.3) is 5.91 Å². The highest BCUT2D eigenvalue weighted by Gasteiger charge is 2.08. The van der Waals surface area contributed by atoms with E-state index in [4.69, 9.17) is 4.74 Å². The third kappa shape index (κ3) is 5.40. The molecular formula is C15H22N2O3. The van der Waals surface area contributed by atoms with Crippen molar-refractivity contribution < 1.29 is 14.3 Å². The maximum atomic E-state index is 11.8. The fourth-order valence-corrected chi connectivity index (χ4v) is 1.63. The molecule has 0 fully saturated rings. The van der Waals surface area contributed by atoms with Gasteiger partial charge in [-0.3, -0.25) is 9.59 Å². The highest BCUT2D eigenvalue weighted by Crippen LogP contribution is 2.07. The van der Waals surface area contributed by atoms with Crippen LogP contribution >= 0.6 is 0 Å². The van der Waals surface area contributed by atoms with E-state index in [0.29, 0.717) is 18.7 Å². The molecule has 2 amide bonds. The number of ether oxygens (including phenoxy) is 1. The van der Waals surface area contributed by atoms with E-state index in [1.807, 2.05) is 19.1 Å². The summed E-state index contributed by atoms with van der Waals surface area (Å²) in [7, 11) is 3.42. The van der Waals surface area contributed by atoms with Crippen molar-refractivity contribution in [3.8, 4) is 0 Å². The zero-order valence-electron chi connectivity index (χ0n) is 12.3. The van der Waals surface area contributed by atoms with E-state index in [-0.39, 0.29) is 18.4 Å². The number of amides is 2. The second kappa shape index (κ2) is 8.32. The van der Waals surface area contributed by atoms with Crippen LogP contribution in [0.2, 0.25) is 0 Å². The minimum absolute atomic E-state index is 0.0514. The molecule has 20 heavy (non-hydrogen) atoms. The quantitative estimate of drug-likeness (QED) is 0.768. The maximum absolute atomic E-state index is 11.8. The van der Waals surface area contributed by atoms with Crippen LogP contribution in [0, 0.1) is 0 Å². The summed E-state index contributed by atoms with van der Waals surface area (Å²) in [5.41, 5.74) is 1.51. The van der Waals surface area contributed by atoms with E-state index in [0.717, 1.165) is 12.0 Å². The SMILES string of the molecule is CCCOCC(=O)NCc1cccc(C(=O)N(C)C)c1. The van der Waals surface area contributed by atoms with Crippen LogP contribution in [0.15, 0.2) is 24.3 Å². The summed E-state index contributed by atoms with van der Waals surface area (Å²) in [6.45, 7) is 3.04. The van der Waals surface area contributed by atoms with E-state index in [2.05, 4.69) is 5.32 Å². The number of hydrogen-bond acceptors (Lipinski definition) is 3. The number of nitrogens with one attached hydrogen (secondary N) is 1. The van der Waals surface area contributed by atoms with E-state index >= 15 is 0 Å². The van der Waals surface area contributed by atoms with Gasteiger partial charge in [0.2, 0.25) is 5.91 Å². The molecule has 1 aromatic rings. The maximum Gasteiger partial charge on any atom is 0.253 e. The highest BCUT2D eigenvalue weighted by atomic mass is 16.5. The summed E-state index contributed by atoms with van der Waals surface area (Å²) in [6, 6.07) is 7.24. The molecule has 0 aliphatic rings. The van der Waals surface area contributed by atoms with Gasteiger partial charge >= 0.3 is 0 Å². The molecule has 5 heteroatoms. The largest absolute Gasteiger partial charge is 0.372 e. The molecule has 1 N–H and O–H groups in total. The van der Waals surface area contributed by atoms with Crippen molar-refractivity contribution in [2.75, 3.05) is 27.3 Å². The number of hydrogen-bond donors (Lipinski definition) is 1. The van der Waals surface area contributed by atoms with Gasteiger partial charge in [-0.05, 0) is 24.1 Å². The molecule has 0 aliphatic carbocycles. The Kier molecular flexibility index (Phi) is 6.73. The fourth-order valence-electron chi connectivity index (χ4n) is 1.63. The average Bonchev–Trinajstić information content (AvgIpc) is 2.45. The lowest BCUT2D eigenvalue weighted by atomic mass is 10.1. The zero-order chi connectivity index (χ0) is 15.0. The molecule has 0 radical (unpaired) electrons. The van der Waals surface area contributed by atoms with Gasteiger partial charge in [0.1, 0.15) is 6.61 Å². The predicted octanol–water partition coefficient (Wildman–Crippen LogP) is 1.43. The van der Waals surface area contributed by atoms with Crippen LogP contribution in [0.5, 0.6) is 0 Å². The fraction of sp³-hybridized carbons (Fsp3) is 0.467. The molecule has 110 valence electrons. The van der Waals surface area contributed by atoms with Crippen LogP contribution in [0.25, 0.3) is 0 Å². The zero-order valence-corrected chi connectivity index (χ0v) is 12.3. The number of benzene rings is 1. The topological polar surface area (TPSA) is 58.6 Å². The van der Waals surface area contributed by atoms with Gasteiger partial charge in [0.05, 0.1) is 0 Å². The lowest BCUT2D eigenvalue weighted by Gasteiger charge is -2.11. The Morgan fingerprint density at radius 1 is 1.30 bits per heavy atom. The third-order valence-corrected chi connectivity index (χ3v) is 2.65. The number of nitrogens with zero attached hydrogens (tertiary/aromatic N) is 1. The molecule has 0 aliphatic heterocycles. The number of carbonyl (C=O) groups is 2. The van der Waals surface area contributed by atoms with Gasteiger partial charge in [0.15, 0.2) is 0 Å². The number of rotatable bonds is 7. The van der Waals surface area contributed by atoms with Crippen LogP contribution in [0.1, 0.15) is 29.3 Å². The van der Waals surface area contributed by atoms with Crippen LogP contribution in [0.3, 0.4) is 0 Å². The molecule has 0 aromatic heterocycles. The van der Waals surface area contributed by atoms with E-state index < -0.39 is 0 Å². The van der Waals surface area contributed by atoms with Gasteiger partial charge in [-0.2, -0.15) is 0 Å². The second-order valence-electron chi connectivity index (χ2n) is 4.73. The first-order chi connectivity index (χ1) is 9.54. The van der Waals surface area contributed by atoms with Crippen molar-refractivity contribution >= 4 is 11.8 Å². The van der Waals surface area contributed by atoms with E-state index in [9.17, 15) is 9.59 Å². The Morgan fingerprint density at radius 3 is 2.70 bits per heavy atom. The van der Waals surface area contributed by atoms with Crippen LogP contribution in [-0.2, 0) is 16.1 Å². The molecule has 0 bridgehead atoms. The molecule has 1 rings (SSSR count). The van der Waals surface area contributed by atoms with Gasteiger partial charge in [-0.1, -0.05) is 19.1 Å². The number of carbonyl (C=O) groups excluding carboxylic acids is 2. The van der Waals surface area contributed by atoms with Crippen molar-refractivity contribution in [2.24, 2.45) is 0 Å². The predicted molar refractivity (Wildman–Crippen MR) is 77.4 cm³/mol. The monoisotopic (exact) mass is 278 g/mol. The van der Waals surface area contributed by atoms with Crippen molar-refractivity contribution in [3.63, 3.8) is 0 Å². The van der Waals surface area contributed by atoms with Crippen LogP contribution in [0.4, 0.5) is 0 Å². The van der Waals surface area contributed by atoms with E-state index in [1.165, 1.54) is 4.90 Å². The summed E-state index contributed by atoms with van der Waals surface area (Å²) < 4.78 is 5.15. The van der Waals surface area contributed by atoms with Crippen molar-refractivity contribution in [1.29, 1.82) is 0 Å². The minimum Gasteiger partial charge on any atom is -0.372 e. The first-order valence-corrected chi connectivity index (χ1v) is 6.69. The van der Waals surface area contributed by atoms with Gasteiger partial charge in [0, 0.05) is 32.8 Å². The lowest BCUT2D eigenvalue weighted by molar-refractivity contribution is -0.125. The first kappa shape index (κ1) is 16.2. The highest BCUT2D eigenvalue weighted by molar-refractivity contribution is 5.94. The Balaban J connectivity index is 2.50. The smallest absolute Gasteiger partial charge is 0.253 e. The van der Waals surface area contributed by atoms with Gasteiger partial charge in [-0.15, -0.1) is 0 Å². The minimum atomic E-state index is -0.150. The normalized spacial score (nSPS) is 10.2. The second-order valence-corrected chi connectivity index (χ2v) is 4.73.